The van der Waals surface area contributed by atoms with Crippen LogP contribution in [0.25, 0.3) is 22.4 Å². The molecule has 0 spiro atoms. The van der Waals surface area contributed by atoms with Crippen molar-refractivity contribution < 1.29 is 13.9 Å². The molecule has 5 rings (SSSR count). The van der Waals surface area contributed by atoms with Gasteiger partial charge < -0.3 is 0 Å². The first-order valence-corrected chi connectivity index (χ1v) is 9.34. The fraction of sp³-hybridized carbons (Fsp3) is 0.174. The Kier molecular flexibility index (Phi) is 3.31. The first kappa shape index (κ1) is 15.9. The third-order valence-corrected chi connectivity index (χ3v) is 5.57. The molecule has 2 aromatic carbocycles. The van der Waals surface area contributed by atoms with E-state index in [2.05, 4.69) is 113 Å². The molecular formula is C23H23N4+3. The Bertz CT molecular complexity index is 1220. The Morgan fingerprint density at radius 1 is 0.556 bits per heavy atom. The summed E-state index contributed by atoms with van der Waals surface area (Å²) in [6, 6.07) is 23.6. The predicted molar refractivity (Wildman–Crippen MR) is 104 cm³/mol. The van der Waals surface area contributed by atoms with Gasteiger partial charge in [0, 0.05) is 58.6 Å². The van der Waals surface area contributed by atoms with Crippen molar-refractivity contribution in [2.45, 2.75) is 27.7 Å². The number of rotatable bonds is 2. The minimum absolute atomic E-state index is 1.19. The average molecular weight is 355 g/mol. The molecule has 0 aliphatic rings. The van der Waals surface area contributed by atoms with Gasteiger partial charge in [0.05, 0.1) is 4.52 Å². The molecule has 0 radical (unpaired) electrons. The van der Waals surface area contributed by atoms with Crippen LogP contribution < -0.4 is 13.9 Å². The third-order valence-electron chi connectivity index (χ3n) is 5.57. The number of pyridine rings is 1. The summed E-state index contributed by atoms with van der Waals surface area (Å²) >= 11 is 0. The molecule has 132 valence electrons. The summed E-state index contributed by atoms with van der Waals surface area (Å²) in [5, 5.41) is 0. The summed E-state index contributed by atoms with van der Waals surface area (Å²) in [5.74, 6) is 0. The van der Waals surface area contributed by atoms with Crippen molar-refractivity contribution in [3.05, 3.63) is 89.2 Å². The second-order valence-corrected chi connectivity index (χ2v) is 7.24. The minimum atomic E-state index is 1.19. The van der Waals surface area contributed by atoms with Crippen LogP contribution in [0.5, 0.6) is 0 Å². The Labute approximate surface area is 158 Å². The number of benzene rings is 2. The second kappa shape index (κ2) is 5.61. The molecule has 0 fully saturated rings. The zero-order chi connectivity index (χ0) is 18.7. The fourth-order valence-electron chi connectivity index (χ4n) is 4.15. The Morgan fingerprint density at radius 2 is 1.00 bits per heavy atom. The third kappa shape index (κ3) is 2.07. The predicted octanol–water partition coefficient (Wildman–Crippen LogP) is 2.90. The van der Waals surface area contributed by atoms with Gasteiger partial charge in [-0.2, -0.15) is 0 Å². The molecule has 27 heavy (non-hydrogen) atoms. The van der Waals surface area contributed by atoms with Crippen molar-refractivity contribution in [1.29, 1.82) is 0 Å². The van der Waals surface area contributed by atoms with E-state index in [4.69, 9.17) is 0 Å². The van der Waals surface area contributed by atoms with Gasteiger partial charge in [-0.1, -0.05) is 36.4 Å². The summed E-state index contributed by atoms with van der Waals surface area (Å²) in [4.78, 5) is 0. The van der Waals surface area contributed by atoms with E-state index in [1.807, 2.05) is 0 Å². The number of nitrogens with zero attached hydrogens (tertiary/aromatic N) is 4. The van der Waals surface area contributed by atoms with Gasteiger partial charge in [-0.3, -0.25) is 0 Å². The maximum absolute atomic E-state index is 2.32. The van der Waals surface area contributed by atoms with Gasteiger partial charge in [0.15, 0.2) is 0 Å². The van der Waals surface area contributed by atoms with Crippen LogP contribution in [0.2, 0.25) is 0 Å². The maximum atomic E-state index is 2.32. The molecule has 3 heterocycles. The molecule has 4 heteroatoms. The summed E-state index contributed by atoms with van der Waals surface area (Å²) in [6.45, 7) is 8.72. The Morgan fingerprint density at radius 3 is 1.44 bits per heavy atom. The molecule has 0 saturated carbocycles. The van der Waals surface area contributed by atoms with Gasteiger partial charge in [-0.05, 0) is 19.9 Å². The largest absolute Gasteiger partial charge is 0.323 e. The lowest BCUT2D eigenvalue weighted by Gasteiger charge is -1.97. The average Bonchev–Trinajstić information content (AvgIpc) is 3.12. The van der Waals surface area contributed by atoms with E-state index in [-0.39, 0.29) is 0 Å². The number of aromatic nitrogens is 4. The SMILES string of the molecule is Cc1ccccc1-[n+]1c(C)c2cccc3c(C)[n+](-c4ccccc4C)n1[n+]23. The Balaban J connectivity index is 2.04. The lowest BCUT2D eigenvalue weighted by molar-refractivity contribution is -0.952. The highest BCUT2D eigenvalue weighted by molar-refractivity contribution is 5.51. The standard InChI is InChI=1S/C23H23N4/c1-16-10-5-7-12-20(16)24-18(3)22-14-9-15-23-19(4)25(27(24)26(22)23)21-13-8-6-11-17(21)2/h5-15H,1-4H3/q+3. The molecule has 0 aliphatic heterocycles. The molecule has 3 aromatic heterocycles. The van der Waals surface area contributed by atoms with Crippen molar-refractivity contribution >= 4 is 11.0 Å². The maximum Gasteiger partial charge on any atom is 0.323 e. The normalized spacial score (nSPS) is 11.7. The van der Waals surface area contributed by atoms with Crippen molar-refractivity contribution in [2.75, 3.05) is 0 Å². The highest BCUT2D eigenvalue weighted by Gasteiger charge is 2.44. The highest BCUT2D eigenvalue weighted by Crippen LogP contribution is 2.15. The van der Waals surface area contributed by atoms with Crippen LogP contribution in [0.3, 0.4) is 0 Å². The molecular weight excluding hydrogens is 332 g/mol. The quantitative estimate of drug-likeness (QED) is 0.433. The van der Waals surface area contributed by atoms with Crippen molar-refractivity contribution in [3.8, 4) is 11.4 Å². The number of hydrogen-bond acceptors (Lipinski definition) is 0. The van der Waals surface area contributed by atoms with Crippen LogP contribution in [0, 0.1) is 27.7 Å². The minimum Gasteiger partial charge on any atom is -0.0615 e. The summed E-state index contributed by atoms with van der Waals surface area (Å²) in [7, 11) is 0. The zero-order valence-corrected chi connectivity index (χ0v) is 16.1. The van der Waals surface area contributed by atoms with E-state index in [1.54, 1.807) is 0 Å². The van der Waals surface area contributed by atoms with Crippen LogP contribution in [0.15, 0.2) is 66.7 Å². The molecule has 0 unspecified atom stereocenters. The number of hydrogen-bond donors (Lipinski definition) is 0. The lowest BCUT2D eigenvalue weighted by Crippen LogP contribution is -2.59. The first-order valence-electron chi connectivity index (χ1n) is 9.34. The fourth-order valence-corrected chi connectivity index (χ4v) is 4.15. The molecule has 0 amide bonds. The van der Waals surface area contributed by atoms with Crippen LogP contribution in [-0.2, 0) is 0 Å². The zero-order valence-electron chi connectivity index (χ0n) is 16.1. The smallest absolute Gasteiger partial charge is 0.0615 e. The van der Waals surface area contributed by atoms with Crippen molar-refractivity contribution in [1.82, 2.24) is 4.74 Å². The highest BCUT2D eigenvalue weighted by atomic mass is 15.7. The molecule has 0 atom stereocenters. The molecule has 0 N–H and O–H groups in total. The Hall–Kier alpha value is -3.27. The summed E-state index contributed by atoms with van der Waals surface area (Å²) in [5.41, 5.74) is 9.75. The topological polar surface area (TPSA) is 16.3 Å². The van der Waals surface area contributed by atoms with Gasteiger partial charge in [-0.25, -0.2) is 0 Å². The molecule has 5 aromatic rings. The molecule has 0 aliphatic carbocycles. The second-order valence-electron chi connectivity index (χ2n) is 7.24. The van der Waals surface area contributed by atoms with Gasteiger partial charge in [0.25, 0.3) is 22.8 Å². The van der Waals surface area contributed by atoms with Crippen LogP contribution in [0.1, 0.15) is 22.5 Å². The van der Waals surface area contributed by atoms with Gasteiger partial charge in [0.1, 0.15) is 0 Å². The van der Waals surface area contributed by atoms with Crippen LogP contribution in [0.4, 0.5) is 0 Å². The van der Waals surface area contributed by atoms with Gasteiger partial charge in [-0.15, -0.1) is 0 Å². The summed E-state index contributed by atoms with van der Waals surface area (Å²) < 4.78 is 9.21. The number of aryl methyl sites for hydroxylation is 4. The van der Waals surface area contributed by atoms with E-state index in [0.717, 1.165) is 0 Å². The van der Waals surface area contributed by atoms with Crippen LogP contribution >= 0.6 is 0 Å². The van der Waals surface area contributed by atoms with E-state index in [9.17, 15) is 0 Å². The van der Waals surface area contributed by atoms with E-state index in [0.29, 0.717) is 0 Å². The summed E-state index contributed by atoms with van der Waals surface area (Å²) in [6.07, 6.45) is 0. The van der Waals surface area contributed by atoms with Crippen molar-refractivity contribution in [3.63, 3.8) is 0 Å². The molecule has 0 bridgehead atoms. The lowest BCUT2D eigenvalue weighted by atomic mass is 10.2. The molecule has 0 saturated heterocycles. The first-order chi connectivity index (χ1) is 13.1. The van der Waals surface area contributed by atoms with Gasteiger partial charge >= 0.3 is 15.8 Å². The van der Waals surface area contributed by atoms with Crippen molar-refractivity contribution in [2.24, 2.45) is 0 Å². The molecule has 4 nitrogen and oxygen atoms in total. The monoisotopic (exact) mass is 355 g/mol. The van der Waals surface area contributed by atoms with Crippen LogP contribution in [-0.4, -0.2) is 4.74 Å². The van der Waals surface area contributed by atoms with Gasteiger partial charge in [0.2, 0.25) is 0 Å². The number of para-hydroxylation sites is 2. The van der Waals surface area contributed by atoms with E-state index >= 15 is 0 Å². The van der Waals surface area contributed by atoms with E-state index < -0.39 is 0 Å². The van der Waals surface area contributed by atoms with E-state index in [1.165, 1.54) is 44.9 Å².